The highest BCUT2D eigenvalue weighted by Crippen LogP contribution is 2.31. The van der Waals surface area contributed by atoms with Crippen LogP contribution in [0.4, 0.5) is 0 Å². The van der Waals surface area contributed by atoms with Crippen LogP contribution in [0.1, 0.15) is 41.5 Å². The number of ether oxygens (including phenoxy) is 2. The Balaban J connectivity index is 1.69. The number of benzene rings is 1. The largest absolute Gasteiger partial charge is 0.486 e. The second-order valence-electron chi connectivity index (χ2n) is 6.14. The number of fused-ring (bicyclic) bond motifs is 1. The highest BCUT2D eigenvalue weighted by Gasteiger charge is 2.17. The number of rotatable bonds is 7. The van der Waals surface area contributed by atoms with E-state index in [-0.39, 0.29) is 5.78 Å². The van der Waals surface area contributed by atoms with Gasteiger partial charge >= 0.3 is 0 Å². The summed E-state index contributed by atoms with van der Waals surface area (Å²) >= 11 is 1.50. The predicted octanol–water partition coefficient (Wildman–Crippen LogP) is 4.05. The Morgan fingerprint density at radius 1 is 1.24 bits per heavy atom. The molecule has 1 aromatic heterocycles. The van der Waals surface area contributed by atoms with E-state index in [1.54, 1.807) is 12.1 Å². The van der Waals surface area contributed by atoms with Crippen molar-refractivity contribution < 1.29 is 14.3 Å². The molecule has 0 spiro atoms. The molecule has 0 N–H and O–H groups in total. The van der Waals surface area contributed by atoms with Crippen molar-refractivity contribution in [2.45, 2.75) is 45.3 Å². The monoisotopic (exact) mass is 360 g/mol. The zero-order valence-corrected chi connectivity index (χ0v) is 15.8. The van der Waals surface area contributed by atoms with E-state index >= 15 is 0 Å². The van der Waals surface area contributed by atoms with Crippen LogP contribution in [0.3, 0.4) is 0 Å². The molecule has 134 valence electrons. The van der Waals surface area contributed by atoms with Gasteiger partial charge in [-0.3, -0.25) is 4.79 Å². The summed E-state index contributed by atoms with van der Waals surface area (Å²) in [6, 6.07) is 5.39. The first-order chi connectivity index (χ1) is 12.1. The van der Waals surface area contributed by atoms with Crippen molar-refractivity contribution >= 4 is 17.5 Å². The van der Waals surface area contributed by atoms with Gasteiger partial charge in [0, 0.05) is 17.8 Å². The number of carbonyl (C=O) groups is 1. The van der Waals surface area contributed by atoms with E-state index in [4.69, 9.17) is 9.47 Å². The van der Waals surface area contributed by atoms with Crippen LogP contribution in [0, 0.1) is 13.8 Å². The van der Waals surface area contributed by atoms with E-state index in [1.807, 2.05) is 13.0 Å². The number of carbonyl (C=O) groups excluding carboxylic acids is 1. The predicted molar refractivity (Wildman–Crippen MR) is 99.1 cm³/mol. The molecule has 0 saturated heterocycles. The average molecular weight is 360 g/mol. The molecule has 0 fully saturated rings. The fraction of sp³-hybridized carbons (Fsp3) is 0.474. The average Bonchev–Trinajstić information content (AvgIpc) is 2.91. The van der Waals surface area contributed by atoms with Gasteiger partial charge in [0.2, 0.25) is 0 Å². The lowest BCUT2D eigenvalue weighted by atomic mass is 10.1. The van der Waals surface area contributed by atoms with Crippen molar-refractivity contribution in [2.75, 3.05) is 19.0 Å². The number of nitrogens with zero attached hydrogens (tertiary/aromatic N) is 2. The van der Waals surface area contributed by atoms with Gasteiger partial charge in [-0.05, 0) is 38.5 Å². The molecule has 0 bridgehead atoms. The first-order valence-electron chi connectivity index (χ1n) is 8.69. The summed E-state index contributed by atoms with van der Waals surface area (Å²) in [6.07, 6.45) is 2.25. The number of aromatic nitrogens is 2. The van der Waals surface area contributed by atoms with Crippen LogP contribution in [-0.2, 0) is 6.54 Å². The van der Waals surface area contributed by atoms with E-state index in [0.29, 0.717) is 36.0 Å². The van der Waals surface area contributed by atoms with Gasteiger partial charge in [0.25, 0.3) is 0 Å². The van der Waals surface area contributed by atoms with Crippen molar-refractivity contribution in [2.24, 2.45) is 0 Å². The minimum Gasteiger partial charge on any atom is -0.486 e. The molecule has 0 atom stereocenters. The van der Waals surface area contributed by atoms with E-state index in [1.165, 1.54) is 17.5 Å². The summed E-state index contributed by atoms with van der Waals surface area (Å²) in [6.45, 7) is 8.30. The lowest BCUT2D eigenvalue weighted by Crippen LogP contribution is -2.16. The van der Waals surface area contributed by atoms with Gasteiger partial charge in [0.1, 0.15) is 13.2 Å². The van der Waals surface area contributed by atoms with Gasteiger partial charge < -0.3 is 14.0 Å². The van der Waals surface area contributed by atoms with Gasteiger partial charge in [-0.15, -0.1) is 0 Å². The normalized spacial score (nSPS) is 13.1. The van der Waals surface area contributed by atoms with Gasteiger partial charge in [0.05, 0.1) is 11.4 Å². The Morgan fingerprint density at radius 2 is 2.00 bits per heavy atom. The number of thioether (sulfide) groups is 1. The Labute approximate surface area is 152 Å². The lowest BCUT2D eigenvalue weighted by molar-refractivity contribution is 0.102. The maximum atomic E-state index is 12.6. The van der Waals surface area contributed by atoms with Crippen LogP contribution in [0.5, 0.6) is 11.5 Å². The SMILES string of the molecule is CCCCn1c(SCC(=O)c2ccc3c(c2)OCCO3)nc(C)c1C. The van der Waals surface area contributed by atoms with Gasteiger partial charge in [-0.2, -0.15) is 0 Å². The van der Waals surface area contributed by atoms with Crippen molar-refractivity contribution in [3.8, 4) is 11.5 Å². The number of unbranched alkanes of at least 4 members (excludes halogenated alkanes) is 1. The molecule has 5 nitrogen and oxygen atoms in total. The van der Waals surface area contributed by atoms with E-state index in [2.05, 4.69) is 23.4 Å². The molecule has 0 amide bonds. The van der Waals surface area contributed by atoms with E-state index < -0.39 is 0 Å². The Bertz CT molecular complexity index is 770. The summed E-state index contributed by atoms with van der Waals surface area (Å²) in [5, 5.41) is 0.925. The third-order valence-electron chi connectivity index (χ3n) is 4.35. The van der Waals surface area contributed by atoms with Crippen LogP contribution in [-0.4, -0.2) is 34.3 Å². The fourth-order valence-electron chi connectivity index (χ4n) is 2.74. The first-order valence-corrected chi connectivity index (χ1v) is 9.68. The van der Waals surface area contributed by atoms with Crippen molar-refractivity contribution in [1.29, 1.82) is 0 Å². The topological polar surface area (TPSA) is 53.4 Å². The summed E-state index contributed by atoms with van der Waals surface area (Å²) < 4.78 is 13.3. The second-order valence-corrected chi connectivity index (χ2v) is 7.08. The summed E-state index contributed by atoms with van der Waals surface area (Å²) in [5.41, 5.74) is 2.87. The smallest absolute Gasteiger partial charge is 0.173 e. The number of imidazole rings is 1. The molecular weight excluding hydrogens is 336 g/mol. The van der Waals surface area contributed by atoms with Crippen LogP contribution in [0.25, 0.3) is 0 Å². The molecule has 0 unspecified atom stereocenters. The summed E-state index contributed by atoms with van der Waals surface area (Å²) in [5.74, 6) is 1.79. The molecule has 2 aromatic rings. The van der Waals surface area contributed by atoms with Crippen LogP contribution >= 0.6 is 11.8 Å². The fourth-order valence-corrected chi connectivity index (χ4v) is 3.76. The number of hydrogen-bond acceptors (Lipinski definition) is 5. The molecular formula is C19H24N2O3S. The minimum atomic E-state index is 0.0716. The summed E-state index contributed by atoms with van der Waals surface area (Å²) in [7, 11) is 0. The highest BCUT2D eigenvalue weighted by molar-refractivity contribution is 7.99. The van der Waals surface area contributed by atoms with Crippen LogP contribution in [0.15, 0.2) is 23.4 Å². The molecule has 1 aliphatic heterocycles. The zero-order chi connectivity index (χ0) is 17.8. The second kappa shape index (κ2) is 7.95. The number of hydrogen-bond donors (Lipinski definition) is 0. The van der Waals surface area contributed by atoms with Gasteiger partial charge in [0.15, 0.2) is 22.4 Å². The molecule has 0 aliphatic carbocycles. The Hall–Kier alpha value is -1.95. The Morgan fingerprint density at radius 3 is 2.76 bits per heavy atom. The molecule has 2 heterocycles. The van der Waals surface area contributed by atoms with Crippen molar-refractivity contribution in [3.05, 3.63) is 35.2 Å². The summed E-state index contributed by atoms with van der Waals surface area (Å²) in [4.78, 5) is 17.2. The first kappa shape index (κ1) is 17.9. The van der Waals surface area contributed by atoms with Crippen molar-refractivity contribution in [3.63, 3.8) is 0 Å². The number of Topliss-reactive ketones (excluding diaryl/α,β-unsaturated/α-hetero) is 1. The third-order valence-corrected chi connectivity index (χ3v) is 5.33. The minimum absolute atomic E-state index is 0.0716. The molecule has 0 radical (unpaired) electrons. The number of aryl methyl sites for hydroxylation is 1. The zero-order valence-electron chi connectivity index (χ0n) is 15.0. The van der Waals surface area contributed by atoms with E-state index in [9.17, 15) is 4.79 Å². The maximum Gasteiger partial charge on any atom is 0.173 e. The Kier molecular flexibility index (Phi) is 5.68. The van der Waals surface area contributed by atoms with Crippen LogP contribution in [0.2, 0.25) is 0 Å². The molecule has 1 aromatic carbocycles. The molecule has 0 saturated carbocycles. The third kappa shape index (κ3) is 4.00. The molecule has 6 heteroatoms. The molecule has 1 aliphatic rings. The lowest BCUT2D eigenvalue weighted by Gasteiger charge is -2.18. The standard InChI is InChI=1S/C19H24N2O3S/c1-4-5-8-21-14(3)13(2)20-19(21)25-12-16(22)15-6-7-17-18(11-15)24-10-9-23-17/h6-7,11H,4-5,8-10,12H2,1-3H3. The maximum absolute atomic E-state index is 12.6. The number of ketones is 1. The van der Waals surface area contributed by atoms with Gasteiger partial charge in [-0.1, -0.05) is 25.1 Å². The quantitative estimate of drug-likeness (QED) is 0.551. The van der Waals surface area contributed by atoms with Gasteiger partial charge in [-0.25, -0.2) is 4.98 Å². The van der Waals surface area contributed by atoms with Crippen molar-refractivity contribution in [1.82, 2.24) is 9.55 Å². The molecule has 25 heavy (non-hydrogen) atoms. The highest BCUT2D eigenvalue weighted by atomic mass is 32.2. The van der Waals surface area contributed by atoms with Crippen LogP contribution < -0.4 is 9.47 Å². The van der Waals surface area contributed by atoms with E-state index in [0.717, 1.165) is 30.2 Å². The molecule has 3 rings (SSSR count).